The van der Waals surface area contributed by atoms with Gasteiger partial charge < -0.3 is 26.4 Å². The summed E-state index contributed by atoms with van der Waals surface area (Å²) in [7, 11) is 0. The van der Waals surface area contributed by atoms with Crippen LogP contribution in [0.2, 0.25) is 0 Å². The van der Waals surface area contributed by atoms with Gasteiger partial charge in [-0.3, -0.25) is 19.8 Å². The smallest absolute Gasteiger partial charge is 0.370 e. The summed E-state index contributed by atoms with van der Waals surface area (Å²) in [5.74, 6) is -3.48. The van der Waals surface area contributed by atoms with Crippen LogP contribution in [0, 0.1) is 11.3 Å². The molecule has 6 N–H and O–H groups in total. The van der Waals surface area contributed by atoms with E-state index in [0.717, 1.165) is 6.92 Å². The van der Waals surface area contributed by atoms with Gasteiger partial charge in [0, 0.05) is 13.5 Å². The van der Waals surface area contributed by atoms with Gasteiger partial charge in [0.2, 0.25) is 17.9 Å². The molecule has 0 bridgehead atoms. The number of ether oxygens (including phenoxy) is 1. The van der Waals surface area contributed by atoms with E-state index < -0.39 is 66.6 Å². The Labute approximate surface area is 180 Å². The number of alkyl halides is 6. The van der Waals surface area contributed by atoms with Gasteiger partial charge in [0.15, 0.2) is 11.7 Å². The summed E-state index contributed by atoms with van der Waals surface area (Å²) >= 11 is 0. The fourth-order valence-electron chi connectivity index (χ4n) is 2.50. The molecule has 0 spiro atoms. The lowest BCUT2D eigenvalue weighted by Gasteiger charge is -2.26. The molecular formula is C17H27F6N5O4. The lowest BCUT2D eigenvalue weighted by atomic mass is 10.0. The number of halogens is 6. The van der Waals surface area contributed by atoms with Crippen LogP contribution in [-0.2, 0) is 19.1 Å². The van der Waals surface area contributed by atoms with Crippen molar-refractivity contribution in [3.63, 3.8) is 0 Å². The highest BCUT2D eigenvalue weighted by Crippen LogP contribution is 2.35. The Hall–Kier alpha value is -2.58. The van der Waals surface area contributed by atoms with Gasteiger partial charge in [-0.15, -0.1) is 0 Å². The Morgan fingerprint density at radius 1 is 1.03 bits per heavy atom. The number of Topliss-reactive ketones (excluding diaryl/α,β-unsaturated/α-hetero) is 1. The fraction of sp³-hybridized carbons (Fsp3) is 0.765. The van der Waals surface area contributed by atoms with Gasteiger partial charge in [-0.1, -0.05) is 13.8 Å². The summed E-state index contributed by atoms with van der Waals surface area (Å²) in [4.78, 5) is 36.1. The molecule has 0 saturated carbocycles. The molecule has 0 aliphatic carbocycles. The fourth-order valence-corrected chi connectivity index (χ4v) is 2.50. The van der Waals surface area contributed by atoms with Gasteiger partial charge in [-0.25, -0.2) is 0 Å². The van der Waals surface area contributed by atoms with E-state index in [4.69, 9.17) is 11.1 Å². The zero-order chi connectivity index (χ0) is 25.3. The van der Waals surface area contributed by atoms with E-state index in [-0.39, 0.29) is 19.4 Å². The number of amides is 2. The number of hydrogen-bond donors (Lipinski definition) is 5. The molecule has 0 rings (SSSR count). The SMILES string of the molecule is CC(=O)NC(C(=O)NC(CCCNC(=N)N)C(=O)COC(C(F)(F)F)C(F)(F)F)C(C)C. The number of hydrogen-bond acceptors (Lipinski definition) is 5. The molecule has 15 heteroatoms. The van der Waals surface area contributed by atoms with Gasteiger partial charge in [-0.05, 0) is 18.8 Å². The number of rotatable bonds is 12. The van der Waals surface area contributed by atoms with Gasteiger partial charge in [0.1, 0.15) is 12.6 Å². The van der Waals surface area contributed by atoms with Crippen LogP contribution in [0.3, 0.4) is 0 Å². The zero-order valence-corrected chi connectivity index (χ0v) is 17.6. The Bertz CT molecular complexity index is 655. The third-order valence-electron chi connectivity index (χ3n) is 3.98. The Balaban J connectivity index is 5.40. The number of ketones is 1. The Kier molecular flexibility index (Phi) is 11.5. The van der Waals surface area contributed by atoms with E-state index >= 15 is 0 Å². The summed E-state index contributed by atoms with van der Waals surface area (Å²) in [6.45, 7) is 2.77. The first-order chi connectivity index (χ1) is 14.5. The number of carbonyl (C=O) groups excluding carboxylic acids is 3. The number of nitrogens with two attached hydrogens (primary N) is 1. The molecule has 0 aromatic heterocycles. The summed E-state index contributed by atoms with van der Waals surface area (Å²) in [6, 6.07) is -2.61. The molecule has 9 nitrogen and oxygen atoms in total. The first kappa shape index (κ1) is 29.4. The van der Waals surface area contributed by atoms with Crippen LogP contribution in [0.15, 0.2) is 0 Å². The highest BCUT2D eigenvalue weighted by atomic mass is 19.4. The molecule has 0 saturated heterocycles. The van der Waals surface area contributed by atoms with Crippen LogP contribution in [0.1, 0.15) is 33.6 Å². The average Bonchev–Trinajstić information content (AvgIpc) is 2.59. The summed E-state index contributed by atoms with van der Waals surface area (Å²) < 4.78 is 79.5. The second kappa shape index (κ2) is 12.5. The van der Waals surface area contributed by atoms with Crippen LogP contribution in [-0.4, -0.2) is 67.2 Å². The monoisotopic (exact) mass is 479 g/mol. The Morgan fingerprint density at radius 2 is 1.56 bits per heavy atom. The number of guanidine groups is 1. The third kappa shape index (κ3) is 11.2. The predicted octanol–water partition coefficient (Wildman–Crippen LogP) is 0.974. The minimum absolute atomic E-state index is 0.0445. The second-order valence-electron chi connectivity index (χ2n) is 7.21. The van der Waals surface area contributed by atoms with Crippen LogP contribution in [0.4, 0.5) is 26.3 Å². The predicted molar refractivity (Wildman–Crippen MR) is 100 cm³/mol. The van der Waals surface area contributed by atoms with E-state index in [1.165, 1.54) is 0 Å². The van der Waals surface area contributed by atoms with Gasteiger partial charge >= 0.3 is 12.4 Å². The normalized spacial score (nSPS) is 14.1. The van der Waals surface area contributed by atoms with E-state index in [1.807, 2.05) is 0 Å². The quantitative estimate of drug-likeness (QED) is 0.122. The molecule has 0 heterocycles. The van der Waals surface area contributed by atoms with E-state index in [2.05, 4.69) is 20.7 Å². The van der Waals surface area contributed by atoms with Crippen molar-refractivity contribution in [2.45, 2.75) is 64.2 Å². The van der Waals surface area contributed by atoms with Gasteiger partial charge in [-0.2, -0.15) is 26.3 Å². The molecule has 2 amide bonds. The van der Waals surface area contributed by atoms with E-state index in [1.54, 1.807) is 13.8 Å². The molecule has 0 aliphatic heterocycles. The van der Waals surface area contributed by atoms with E-state index in [0.29, 0.717) is 0 Å². The van der Waals surface area contributed by atoms with Gasteiger partial charge in [0.05, 0.1) is 6.04 Å². The van der Waals surface area contributed by atoms with E-state index in [9.17, 15) is 40.7 Å². The Morgan fingerprint density at radius 3 is 1.97 bits per heavy atom. The van der Waals surface area contributed by atoms with Crippen LogP contribution >= 0.6 is 0 Å². The van der Waals surface area contributed by atoms with Crippen LogP contribution in [0.5, 0.6) is 0 Å². The van der Waals surface area contributed by atoms with Crippen molar-refractivity contribution in [1.29, 1.82) is 5.41 Å². The topological polar surface area (TPSA) is 146 Å². The first-order valence-electron chi connectivity index (χ1n) is 9.39. The molecule has 0 aliphatic rings. The minimum Gasteiger partial charge on any atom is -0.370 e. The van der Waals surface area contributed by atoms with Crippen molar-refractivity contribution < 1.29 is 45.5 Å². The highest BCUT2D eigenvalue weighted by Gasteiger charge is 2.58. The van der Waals surface area contributed by atoms with Crippen LogP contribution < -0.4 is 21.7 Å². The first-order valence-corrected chi connectivity index (χ1v) is 9.39. The molecule has 0 aromatic carbocycles. The largest absolute Gasteiger partial charge is 0.423 e. The minimum atomic E-state index is -5.79. The highest BCUT2D eigenvalue weighted by molar-refractivity contribution is 5.93. The summed E-state index contributed by atoms with van der Waals surface area (Å²) in [6.07, 6.45) is -15.9. The van der Waals surface area contributed by atoms with Crippen molar-refractivity contribution in [2.75, 3.05) is 13.2 Å². The number of nitrogens with one attached hydrogen (secondary N) is 4. The maximum absolute atomic E-state index is 12.6. The number of carbonyl (C=O) groups is 3. The second-order valence-corrected chi connectivity index (χ2v) is 7.21. The third-order valence-corrected chi connectivity index (χ3v) is 3.98. The molecule has 0 aromatic rings. The lowest BCUT2D eigenvalue weighted by Crippen LogP contribution is -2.54. The van der Waals surface area contributed by atoms with Gasteiger partial charge in [0.25, 0.3) is 0 Å². The summed E-state index contributed by atoms with van der Waals surface area (Å²) in [5.41, 5.74) is 5.09. The maximum Gasteiger partial charge on any atom is 0.423 e. The average molecular weight is 479 g/mol. The van der Waals surface area contributed by atoms with Crippen molar-refractivity contribution >= 4 is 23.6 Å². The van der Waals surface area contributed by atoms with Crippen molar-refractivity contribution in [2.24, 2.45) is 11.7 Å². The van der Waals surface area contributed by atoms with Crippen molar-refractivity contribution in [1.82, 2.24) is 16.0 Å². The molecule has 2 unspecified atom stereocenters. The molecular weight excluding hydrogens is 452 g/mol. The van der Waals surface area contributed by atoms with Crippen LogP contribution in [0.25, 0.3) is 0 Å². The summed E-state index contributed by atoms with van der Waals surface area (Å²) in [5, 5.41) is 14.0. The maximum atomic E-state index is 12.6. The lowest BCUT2D eigenvalue weighted by molar-refractivity contribution is -0.319. The molecule has 32 heavy (non-hydrogen) atoms. The molecule has 0 radical (unpaired) electrons. The standard InChI is InChI=1S/C17H27F6N5O4/c1-8(2)12(27-9(3)29)13(31)28-10(5-4-6-26-15(24)25)11(30)7-32-14(16(18,19)20)17(21,22)23/h8,10,12,14H,4-7H2,1-3H3,(H,27,29)(H,28,31)(H4,24,25,26). The zero-order valence-electron chi connectivity index (χ0n) is 17.6. The van der Waals surface area contributed by atoms with Crippen molar-refractivity contribution in [3.8, 4) is 0 Å². The van der Waals surface area contributed by atoms with Crippen molar-refractivity contribution in [3.05, 3.63) is 0 Å². The molecule has 2 atom stereocenters. The molecule has 0 fully saturated rings. The molecule has 186 valence electrons.